The van der Waals surface area contributed by atoms with E-state index in [4.69, 9.17) is 9.59 Å². The van der Waals surface area contributed by atoms with Crippen molar-refractivity contribution in [3.63, 3.8) is 0 Å². The molecule has 106 valence electrons. The van der Waals surface area contributed by atoms with Gasteiger partial charge in [0.2, 0.25) is 0 Å². The van der Waals surface area contributed by atoms with Gasteiger partial charge in [0.15, 0.2) is 0 Å². The third-order valence-corrected chi connectivity index (χ3v) is 1.88. The van der Waals surface area contributed by atoms with E-state index in [1.54, 1.807) is 0 Å². The molecule has 0 aliphatic heterocycles. The Balaban J connectivity index is 0.000000380. The molecule has 0 spiro atoms. The van der Waals surface area contributed by atoms with E-state index in [0.29, 0.717) is 0 Å². The summed E-state index contributed by atoms with van der Waals surface area (Å²) in [6, 6.07) is 19.1. The third kappa shape index (κ3) is 10.2. The van der Waals surface area contributed by atoms with Gasteiger partial charge >= 0.3 is 12.1 Å². The Bertz CT molecular complexity index is 458. The second-order valence-electron chi connectivity index (χ2n) is 3.54. The molecule has 8 N–H and O–H groups in total. The molecule has 0 fully saturated rings. The smallest absolute Gasteiger partial charge is 0.309 e. The topological polar surface area (TPSA) is 138 Å². The molecule has 0 radical (unpaired) electrons. The van der Waals surface area contributed by atoms with Gasteiger partial charge < -0.3 is 22.9 Å². The van der Waals surface area contributed by atoms with Crippen LogP contribution in [0.5, 0.6) is 0 Å². The number of hydrogen-bond donors (Lipinski definition) is 4. The van der Waals surface area contributed by atoms with Gasteiger partial charge in [-0.3, -0.25) is 0 Å². The van der Waals surface area contributed by atoms with Crippen molar-refractivity contribution < 1.29 is 9.59 Å². The lowest BCUT2D eigenvalue weighted by atomic mass is 10.1. The van der Waals surface area contributed by atoms with Crippen molar-refractivity contribution in [2.45, 2.75) is 0 Å². The van der Waals surface area contributed by atoms with Gasteiger partial charge in [0, 0.05) is 0 Å². The molecule has 6 nitrogen and oxygen atoms in total. The van der Waals surface area contributed by atoms with Crippen LogP contribution in [0.2, 0.25) is 0 Å². The molecular weight excluding hydrogens is 256 g/mol. The minimum Gasteiger partial charge on any atom is -0.352 e. The van der Waals surface area contributed by atoms with Gasteiger partial charge in [-0.1, -0.05) is 60.7 Å². The number of carbonyl (C=O) groups is 2. The molecule has 0 saturated heterocycles. The Labute approximate surface area is 117 Å². The molecule has 0 aliphatic rings. The molecule has 2 rings (SSSR count). The van der Waals surface area contributed by atoms with E-state index >= 15 is 0 Å². The third-order valence-electron chi connectivity index (χ3n) is 1.88. The zero-order chi connectivity index (χ0) is 15.4. The maximum Gasteiger partial charge on any atom is 0.309 e. The fourth-order valence-electron chi connectivity index (χ4n) is 1.26. The Hall–Kier alpha value is -3.02. The van der Waals surface area contributed by atoms with Crippen molar-refractivity contribution in [2.75, 3.05) is 0 Å². The Morgan fingerprint density at radius 2 is 0.750 bits per heavy atom. The van der Waals surface area contributed by atoms with Gasteiger partial charge in [-0.05, 0) is 11.1 Å². The van der Waals surface area contributed by atoms with E-state index < -0.39 is 12.1 Å². The monoisotopic (exact) mass is 274 g/mol. The van der Waals surface area contributed by atoms with Crippen molar-refractivity contribution in [2.24, 2.45) is 22.9 Å². The summed E-state index contributed by atoms with van der Waals surface area (Å²) in [6.07, 6.45) is 0. The van der Waals surface area contributed by atoms with Crippen LogP contribution in [0, 0.1) is 0 Å². The molecule has 0 atom stereocenters. The molecule has 2 aromatic carbocycles. The van der Waals surface area contributed by atoms with E-state index in [1.165, 1.54) is 11.1 Å². The predicted octanol–water partition coefficient (Wildman–Crippen LogP) is 1.40. The highest BCUT2D eigenvalue weighted by Gasteiger charge is 1.91. The summed E-state index contributed by atoms with van der Waals surface area (Å²) in [5, 5.41) is 0. The maximum atomic E-state index is 9.00. The van der Waals surface area contributed by atoms with Crippen molar-refractivity contribution in [3.05, 3.63) is 60.7 Å². The Morgan fingerprint density at radius 1 is 0.550 bits per heavy atom. The number of urea groups is 2. The van der Waals surface area contributed by atoms with Gasteiger partial charge in [-0.2, -0.15) is 0 Å². The summed E-state index contributed by atoms with van der Waals surface area (Å²) in [5.74, 6) is 0. The van der Waals surface area contributed by atoms with E-state index in [-0.39, 0.29) is 0 Å². The summed E-state index contributed by atoms with van der Waals surface area (Å²) < 4.78 is 0. The first kappa shape index (κ1) is 17.0. The fraction of sp³-hybridized carbons (Fsp3) is 0. The summed E-state index contributed by atoms with van der Waals surface area (Å²) in [7, 11) is 0. The first-order valence-electron chi connectivity index (χ1n) is 5.63. The fourth-order valence-corrected chi connectivity index (χ4v) is 1.26. The van der Waals surface area contributed by atoms with Gasteiger partial charge in [0.05, 0.1) is 0 Å². The van der Waals surface area contributed by atoms with Crippen LogP contribution in [0.4, 0.5) is 9.59 Å². The first-order valence-corrected chi connectivity index (χ1v) is 5.63. The van der Waals surface area contributed by atoms with Crippen LogP contribution in [0.3, 0.4) is 0 Å². The van der Waals surface area contributed by atoms with E-state index in [0.717, 1.165) is 0 Å². The van der Waals surface area contributed by atoms with Crippen LogP contribution >= 0.6 is 0 Å². The van der Waals surface area contributed by atoms with E-state index in [2.05, 4.69) is 71.5 Å². The predicted molar refractivity (Wildman–Crippen MR) is 79.4 cm³/mol. The molecule has 20 heavy (non-hydrogen) atoms. The highest BCUT2D eigenvalue weighted by Crippen LogP contribution is 2.17. The lowest BCUT2D eigenvalue weighted by Gasteiger charge is -1.98. The molecule has 2 aromatic rings. The average molecular weight is 274 g/mol. The summed E-state index contributed by atoms with van der Waals surface area (Å²) in [6.45, 7) is 0. The van der Waals surface area contributed by atoms with Crippen LogP contribution in [-0.2, 0) is 0 Å². The zero-order valence-electron chi connectivity index (χ0n) is 10.9. The molecule has 4 amide bonds. The number of rotatable bonds is 1. The standard InChI is InChI=1S/C12H10.2CH4N2O/c1-3-7-11(8-4-1)12-9-5-2-6-10-12;2*2-1(3)4/h1-10H;2*(H4,2,3,4). The number of amides is 4. The zero-order valence-corrected chi connectivity index (χ0v) is 10.9. The largest absolute Gasteiger partial charge is 0.352 e. The van der Waals surface area contributed by atoms with Gasteiger partial charge in [-0.15, -0.1) is 0 Å². The van der Waals surface area contributed by atoms with Crippen LogP contribution in [0.15, 0.2) is 60.7 Å². The number of carbonyl (C=O) groups excluding carboxylic acids is 2. The van der Waals surface area contributed by atoms with Crippen molar-refractivity contribution in [1.82, 2.24) is 0 Å². The summed E-state index contributed by atoms with van der Waals surface area (Å²) in [5.41, 5.74) is 19.6. The maximum absolute atomic E-state index is 9.00. The number of hydrogen-bond acceptors (Lipinski definition) is 2. The number of primary amides is 4. The summed E-state index contributed by atoms with van der Waals surface area (Å²) in [4.78, 5) is 18.0. The van der Waals surface area contributed by atoms with Crippen LogP contribution in [0.1, 0.15) is 0 Å². The second kappa shape index (κ2) is 9.95. The highest BCUT2D eigenvalue weighted by atomic mass is 16.2. The van der Waals surface area contributed by atoms with Crippen LogP contribution in [-0.4, -0.2) is 12.1 Å². The lowest BCUT2D eigenvalue weighted by Crippen LogP contribution is -2.18. The summed E-state index contributed by atoms with van der Waals surface area (Å²) >= 11 is 0. The normalized spacial score (nSPS) is 8.20. The van der Waals surface area contributed by atoms with Crippen LogP contribution in [0.25, 0.3) is 11.1 Å². The second-order valence-corrected chi connectivity index (χ2v) is 3.54. The van der Waals surface area contributed by atoms with Crippen LogP contribution < -0.4 is 22.9 Å². The molecule has 0 heterocycles. The number of nitrogens with two attached hydrogens (primary N) is 4. The van der Waals surface area contributed by atoms with Crippen molar-refractivity contribution >= 4 is 12.1 Å². The van der Waals surface area contributed by atoms with Gasteiger partial charge in [0.1, 0.15) is 0 Å². The quantitative estimate of drug-likeness (QED) is 0.624. The minimum atomic E-state index is -0.833. The molecule has 6 heteroatoms. The van der Waals surface area contributed by atoms with Crippen molar-refractivity contribution in [1.29, 1.82) is 0 Å². The molecule has 0 aliphatic carbocycles. The Morgan fingerprint density at radius 3 is 0.950 bits per heavy atom. The average Bonchev–Trinajstić information content (AvgIpc) is 2.39. The van der Waals surface area contributed by atoms with E-state index in [9.17, 15) is 0 Å². The highest BCUT2D eigenvalue weighted by molar-refractivity contribution is 5.69. The first-order chi connectivity index (χ1) is 9.43. The molecule has 0 aromatic heterocycles. The minimum absolute atomic E-state index is 0.833. The SMILES string of the molecule is NC(N)=O.NC(N)=O.c1ccc(-c2ccccc2)cc1. The van der Waals surface area contributed by atoms with Gasteiger partial charge in [0.25, 0.3) is 0 Å². The Kier molecular flexibility index (Phi) is 8.45. The number of benzene rings is 2. The van der Waals surface area contributed by atoms with Crippen molar-refractivity contribution in [3.8, 4) is 11.1 Å². The lowest BCUT2D eigenvalue weighted by molar-refractivity contribution is 0.255. The molecular formula is C14H18N4O2. The molecule has 0 saturated carbocycles. The van der Waals surface area contributed by atoms with E-state index in [1.807, 2.05) is 12.1 Å². The molecule has 0 unspecified atom stereocenters. The van der Waals surface area contributed by atoms with Gasteiger partial charge in [-0.25, -0.2) is 9.59 Å². The molecule has 0 bridgehead atoms.